The lowest BCUT2D eigenvalue weighted by molar-refractivity contribution is -0.137. The van der Waals surface area contributed by atoms with Crippen LogP contribution in [0.25, 0.3) is 5.65 Å². The Bertz CT molecular complexity index is 985. The van der Waals surface area contributed by atoms with Crippen molar-refractivity contribution in [3.63, 3.8) is 0 Å². The first-order valence-electron chi connectivity index (χ1n) is 9.43. The highest BCUT2D eigenvalue weighted by molar-refractivity contribution is 5.75. The summed E-state index contributed by atoms with van der Waals surface area (Å²) in [7, 11) is 1.59. The maximum atomic E-state index is 12.8. The van der Waals surface area contributed by atoms with E-state index in [2.05, 4.69) is 10.3 Å². The molecule has 3 aromatic rings. The zero-order valence-electron chi connectivity index (χ0n) is 16.4. The third kappa shape index (κ3) is 5.88. The van der Waals surface area contributed by atoms with E-state index in [4.69, 9.17) is 9.47 Å². The molecule has 0 saturated heterocycles. The molecule has 0 spiro atoms. The molecule has 6 nitrogen and oxygen atoms in total. The number of carbonyl (C=O) groups excluding carboxylic acids is 1. The Kier molecular flexibility index (Phi) is 6.81. The molecule has 0 saturated carbocycles. The van der Waals surface area contributed by atoms with Crippen LogP contribution in [0.15, 0.2) is 48.8 Å². The quantitative estimate of drug-likeness (QED) is 0.533. The van der Waals surface area contributed by atoms with Crippen LogP contribution >= 0.6 is 0 Å². The van der Waals surface area contributed by atoms with Crippen molar-refractivity contribution < 1.29 is 27.4 Å². The number of imidazole rings is 1. The van der Waals surface area contributed by atoms with Crippen molar-refractivity contribution in [3.8, 4) is 11.5 Å². The molecular formula is C21H22F3N3O3. The second kappa shape index (κ2) is 9.51. The highest BCUT2D eigenvalue weighted by Crippen LogP contribution is 2.29. The van der Waals surface area contributed by atoms with Crippen LogP contribution in [0.2, 0.25) is 0 Å². The van der Waals surface area contributed by atoms with E-state index in [-0.39, 0.29) is 5.91 Å². The highest BCUT2D eigenvalue weighted by atomic mass is 19.4. The van der Waals surface area contributed by atoms with E-state index < -0.39 is 11.7 Å². The monoisotopic (exact) mass is 421 g/mol. The Morgan fingerprint density at radius 1 is 1.10 bits per heavy atom. The molecule has 1 aromatic carbocycles. The number of fused-ring (bicyclic) bond motifs is 1. The van der Waals surface area contributed by atoms with Gasteiger partial charge in [-0.2, -0.15) is 13.2 Å². The molecule has 30 heavy (non-hydrogen) atoms. The SMILES string of the molecule is COc1ccc(OCCCC(=O)NCCc2cn3cc(C(F)(F)F)ccc3n2)cc1. The van der Waals surface area contributed by atoms with Gasteiger partial charge in [0.1, 0.15) is 17.1 Å². The average molecular weight is 421 g/mol. The average Bonchev–Trinajstić information content (AvgIpc) is 3.13. The number of methoxy groups -OCH3 is 1. The third-order valence-corrected chi connectivity index (χ3v) is 4.41. The number of carbonyl (C=O) groups is 1. The van der Waals surface area contributed by atoms with E-state index in [0.29, 0.717) is 49.5 Å². The number of nitrogens with zero attached hydrogens (tertiary/aromatic N) is 2. The van der Waals surface area contributed by atoms with Crippen LogP contribution < -0.4 is 14.8 Å². The molecular weight excluding hydrogens is 399 g/mol. The van der Waals surface area contributed by atoms with Crippen molar-refractivity contribution in [1.82, 2.24) is 14.7 Å². The number of halogens is 3. The Balaban J connectivity index is 1.37. The summed E-state index contributed by atoms with van der Waals surface area (Å²) in [6.07, 6.45) is -0.545. The fourth-order valence-electron chi connectivity index (χ4n) is 2.85. The number of aromatic nitrogens is 2. The second-order valence-electron chi connectivity index (χ2n) is 6.64. The van der Waals surface area contributed by atoms with Crippen LogP contribution in [0.5, 0.6) is 11.5 Å². The second-order valence-corrected chi connectivity index (χ2v) is 6.64. The molecule has 1 N–H and O–H groups in total. The van der Waals surface area contributed by atoms with E-state index >= 15 is 0 Å². The van der Waals surface area contributed by atoms with Crippen LogP contribution in [-0.4, -0.2) is 35.6 Å². The van der Waals surface area contributed by atoms with Gasteiger partial charge < -0.3 is 19.2 Å². The van der Waals surface area contributed by atoms with E-state index in [1.807, 2.05) is 0 Å². The number of pyridine rings is 1. The van der Waals surface area contributed by atoms with Crippen LogP contribution in [0.1, 0.15) is 24.1 Å². The van der Waals surface area contributed by atoms with E-state index in [9.17, 15) is 18.0 Å². The van der Waals surface area contributed by atoms with Crippen molar-refractivity contribution in [1.29, 1.82) is 0 Å². The van der Waals surface area contributed by atoms with Crippen LogP contribution in [0.4, 0.5) is 13.2 Å². The van der Waals surface area contributed by atoms with Gasteiger partial charge in [-0.05, 0) is 42.8 Å². The number of amides is 1. The predicted molar refractivity (Wildman–Crippen MR) is 105 cm³/mol. The molecule has 1 amide bonds. The Morgan fingerprint density at radius 3 is 2.53 bits per heavy atom. The van der Waals surface area contributed by atoms with Crippen molar-refractivity contribution in [2.75, 3.05) is 20.3 Å². The van der Waals surface area contributed by atoms with Gasteiger partial charge in [0.25, 0.3) is 0 Å². The molecule has 2 aromatic heterocycles. The smallest absolute Gasteiger partial charge is 0.417 e. The number of alkyl halides is 3. The lowest BCUT2D eigenvalue weighted by Crippen LogP contribution is -2.25. The van der Waals surface area contributed by atoms with Crippen LogP contribution in [0, 0.1) is 0 Å². The molecule has 0 atom stereocenters. The fraction of sp³-hybridized carbons (Fsp3) is 0.333. The van der Waals surface area contributed by atoms with Crippen LogP contribution in [0.3, 0.4) is 0 Å². The maximum Gasteiger partial charge on any atom is 0.417 e. The molecule has 3 rings (SSSR count). The fourth-order valence-corrected chi connectivity index (χ4v) is 2.85. The van der Waals surface area contributed by atoms with Gasteiger partial charge in [0, 0.05) is 31.8 Å². The summed E-state index contributed by atoms with van der Waals surface area (Å²) < 4.78 is 50.3. The topological polar surface area (TPSA) is 64.9 Å². The van der Waals surface area contributed by atoms with Crippen molar-refractivity contribution >= 4 is 11.6 Å². The van der Waals surface area contributed by atoms with Gasteiger partial charge in [-0.15, -0.1) is 0 Å². The Hall–Kier alpha value is -3.23. The lowest BCUT2D eigenvalue weighted by Gasteiger charge is -2.07. The van der Waals surface area contributed by atoms with E-state index in [1.54, 1.807) is 37.6 Å². The minimum Gasteiger partial charge on any atom is -0.497 e. The number of hydrogen-bond donors (Lipinski definition) is 1. The molecule has 0 aliphatic rings. The number of rotatable bonds is 9. The minimum absolute atomic E-state index is 0.114. The first kappa shape index (κ1) is 21.5. The molecule has 160 valence electrons. The molecule has 0 bridgehead atoms. The van der Waals surface area contributed by atoms with Crippen molar-refractivity contribution in [2.45, 2.75) is 25.4 Å². The zero-order chi connectivity index (χ0) is 21.6. The van der Waals surface area contributed by atoms with Crippen molar-refractivity contribution in [2.24, 2.45) is 0 Å². The summed E-state index contributed by atoms with van der Waals surface area (Å²) in [5.74, 6) is 1.33. The standard InChI is InChI=1S/C21H22F3N3O3/c1-29-17-5-7-18(8-6-17)30-12-2-3-20(28)25-11-10-16-14-27-13-15(21(22,23)24)4-9-19(27)26-16/h4-9,13-14H,2-3,10-12H2,1H3,(H,25,28). The summed E-state index contributed by atoms with van der Waals surface area (Å²) in [5.41, 5.74) is 0.307. The molecule has 2 heterocycles. The van der Waals surface area contributed by atoms with Crippen LogP contribution in [-0.2, 0) is 17.4 Å². The van der Waals surface area contributed by atoms with Gasteiger partial charge >= 0.3 is 6.18 Å². The number of ether oxygens (including phenoxy) is 2. The van der Waals surface area contributed by atoms with Gasteiger partial charge in [-0.1, -0.05) is 0 Å². The zero-order valence-corrected chi connectivity index (χ0v) is 16.4. The van der Waals surface area contributed by atoms with Gasteiger partial charge in [0.2, 0.25) is 5.91 Å². The number of hydrogen-bond acceptors (Lipinski definition) is 4. The van der Waals surface area contributed by atoms with Gasteiger partial charge in [-0.25, -0.2) is 4.98 Å². The van der Waals surface area contributed by atoms with Crippen molar-refractivity contribution in [3.05, 3.63) is 60.0 Å². The molecule has 0 fully saturated rings. The lowest BCUT2D eigenvalue weighted by atomic mass is 10.3. The minimum atomic E-state index is -4.40. The summed E-state index contributed by atoms with van der Waals surface area (Å²) in [5, 5.41) is 2.78. The molecule has 0 aliphatic heterocycles. The first-order valence-corrected chi connectivity index (χ1v) is 9.43. The normalized spacial score (nSPS) is 11.5. The van der Waals surface area contributed by atoms with E-state index in [1.165, 1.54) is 10.5 Å². The highest BCUT2D eigenvalue weighted by Gasteiger charge is 2.30. The molecule has 9 heteroatoms. The number of nitrogens with one attached hydrogen (secondary N) is 1. The number of benzene rings is 1. The van der Waals surface area contributed by atoms with Gasteiger partial charge in [0.15, 0.2) is 0 Å². The first-order chi connectivity index (χ1) is 14.3. The summed E-state index contributed by atoms with van der Waals surface area (Å²) in [6.45, 7) is 0.766. The largest absolute Gasteiger partial charge is 0.497 e. The Morgan fingerprint density at radius 2 is 1.83 bits per heavy atom. The Labute approximate surface area is 171 Å². The summed E-state index contributed by atoms with van der Waals surface area (Å²) >= 11 is 0. The molecule has 0 radical (unpaired) electrons. The van der Waals surface area contributed by atoms with E-state index in [0.717, 1.165) is 18.0 Å². The maximum absolute atomic E-state index is 12.8. The summed E-state index contributed by atoms with van der Waals surface area (Å²) in [6, 6.07) is 9.52. The third-order valence-electron chi connectivity index (χ3n) is 4.41. The van der Waals surface area contributed by atoms with Gasteiger partial charge in [0.05, 0.1) is 25.0 Å². The molecule has 0 aliphatic carbocycles. The predicted octanol–water partition coefficient (Wildman–Crippen LogP) is 3.88. The molecule has 0 unspecified atom stereocenters. The summed E-state index contributed by atoms with van der Waals surface area (Å²) in [4.78, 5) is 16.2. The van der Waals surface area contributed by atoms with Gasteiger partial charge in [-0.3, -0.25) is 4.79 Å².